The van der Waals surface area contributed by atoms with Crippen molar-refractivity contribution in [1.29, 1.82) is 0 Å². The predicted octanol–water partition coefficient (Wildman–Crippen LogP) is 5.23. The van der Waals surface area contributed by atoms with E-state index >= 15 is 0 Å². The Balaban J connectivity index is 0.00000280. The molecule has 0 bridgehead atoms. The number of benzene rings is 2. The predicted molar refractivity (Wildman–Crippen MR) is 123 cm³/mol. The molecule has 0 saturated carbocycles. The average Bonchev–Trinajstić information content (AvgIpc) is 2.99. The van der Waals surface area contributed by atoms with Crippen molar-refractivity contribution in [2.75, 3.05) is 11.9 Å². The lowest BCUT2D eigenvalue weighted by atomic mass is 10.00. The van der Waals surface area contributed by atoms with E-state index in [4.69, 9.17) is 15.0 Å². The van der Waals surface area contributed by atoms with Gasteiger partial charge in [0.05, 0.1) is 5.69 Å². The zero-order chi connectivity index (χ0) is 19.2. The number of nitrogens with zero attached hydrogens (tertiary/aromatic N) is 2. The van der Waals surface area contributed by atoms with Crippen LogP contribution in [0.5, 0.6) is 11.5 Å². The van der Waals surface area contributed by atoms with Gasteiger partial charge >= 0.3 is 0 Å². The molecule has 1 unspecified atom stereocenters. The van der Waals surface area contributed by atoms with E-state index in [1.807, 2.05) is 68.4 Å². The Bertz CT molecular complexity index is 906. The maximum atomic E-state index is 6.05. The van der Waals surface area contributed by atoms with Gasteiger partial charge in [-0.3, -0.25) is 4.99 Å². The standard InChI is InChI=1S/C21H24N4O2.HI/c1-14(20-15(2)25-27-16(20)3)13-23-21(22)24-17-8-7-11-19(12-17)26-18-9-5-4-6-10-18;/h4-12,14H,13H2,1-3H3,(H3,22,23,24);1H. The highest BCUT2D eigenvalue weighted by atomic mass is 127. The normalized spacial score (nSPS) is 12.2. The van der Waals surface area contributed by atoms with Crippen molar-refractivity contribution in [1.82, 2.24) is 5.16 Å². The van der Waals surface area contributed by atoms with Gasteiger partial charge in [0.15, 0.2) is 5.96 Å². The van der Waals surface area contributed by atoms with Crippen LogP contribution in [0.1, 0.15) is 29.9 Å². The summed E-state index contributed by atoms with van der Waals surface area (Å²) in [4.78, 5) is 4.44. The summed E-state index contributed by atoms with van der Waals surface area (Å²) in [5.74, 6) is 2.86. The maximum absolute atomic E-state index is 6.05. The maximum Gasteiger partial charge on any atom is 0.193 e. The number of nitrogens with one attached hydrogen (secondary N) is 1. The van der Waals surface area contributed by atoms with Gasteiger partial charge in [0.2, 0.25) is 0 Å². The van der Waals surface area contributed by atoms with E-state index in [2.05, 4.69) is 22.4 Å². The van der Waals surface area contributed by atoms with Gasteiger partial charge in [-0.2, -0.15) is 0 Å². The first-order valence-corrected chi connectivity index (χ1v) is 8.85. The fourth-order valence-corrected chi connectivity index (χ4v) is 2.97. The number of halogens is 1. The third-order valence-electron chi connectivity index (χ3n) is 4.20. The molecular weight excluding hydrogens is 467 g/mol. The number of aryl methyl sites for hydroxylation is 2. The number of nitrogens with two attached hydrogens (primary N) is 1. The van der Waals surface area contributed by atoms with E-state index in [-0.39, 0.29) is 29.9 Å². The molecule has 2 aromatic carbocycles. The minimum Gasteiger partial charge on any atom is -0.457 e. The highest BCUT2D eigenvalue weighted by molar-refractivity contribution is 14.0. The lowest BCUT2D eigenvalue weighted by molar-refractivity contribution is 0.391. The average molecular weight is 492 g/mol. The quantitative estimate of drug-likeness (QED) is 0.280. The van der Waals surface area contributed by atoms with Crippen molar-refractivity contribution >= 4 is 35.6 Å². The van der Waals surface area contributed by atoms with Crippen molar-refractivity contribution in [3.05, 3.63) is 71.6 Å². The van der Waals surface area contributed by atoms with Gasteiger partial charge in [-0.05, 0) is 38.1 Å². The van der Waals surface area contributed by atoms with E-state index in [0.29, 0.717) is 12.5 Å². The molecule has 0 aliphatic carbocycles. The number of guanidine groups is 1. The van der Waals surface area contributed by atoms with Gasteiger partial charge in [0.25, 0.3) is 0 Å². The smallest absolute Gasteiger partial charge is 0.193 e. The molecule has 3 rings (SSSR count). The van der Waals surface area contributed by atoms with Gasteiger partial charge in [0, 0.05) is 29.8 Å². The molecule has 148 valence electrons. The molecule has 7 heteroatoms. The number of hydrogen-bond acceptors (Lipinski definition) is 4. The van der Waals surface area contributed by atoms with Crippen molar-refractivity contribution in [3.63, 3.8) is 0 Å². The van der Waals surface area contributed by atoms with Crippen molar-refractivity contribution in [3.8, 4) is 11.5 Å². The molecular formula is C21H25IN4O2. The van der Waals surface area contributed by atoms with E-state index in [0.717, 1.165) is 34.2 Å². The first kappa shape index (κ1) is 21.7. The lowest BCUT2D eigenvalue weighted by Gasteiger charge is -2.11. The van der Waals surface area contributed by atoms with Gasteiger partial charge in [-0.1, -0.05) is 36.3 Å². The third kappa shape index (κ3) is 5.72. The van der Waals surface area contributed by atoms with Crippen molar-refractivity contribution in [2.24, 2.45) is 10.7 Å². The molecule has 28 heavy (non-hydrogen) atoms. The molecule has 0 aliphatic heterocycles. The van der Waals surface area contributed by atoms with Crippen LogP contribution < -0.4 is 15.8 Å². The molecule has 0 fully saturated rings. The second-order valence-electron chi connectivity index (χ2n) is 6.43. The minimum atomic E-state index is 0. The Morgan fingerprint density at radius 2 is 1.86 bits per heavy atom. The van der Waals surface area contributed by atoms with Crippen LogP contribution in [0.2, 0.25) is 0 Å². The van der Waals surface area contributed by atoms with Crippen LogP contribution in [-0.4, -0.2) is 17.7 Å². The fourth-order valence-electron chi connectivity index (χ4n) is 2.97. The zero-order valence-electron chi connectivity index (χ0n) is 16.2. The SMILES string of the molecule is Cc1noc(C)c1C(C)CN=C(N)Nc1cccc(Oc2ccccc2)c1.I. The van der Waals surface area contributed by atoms with E-state index in [9.17, 15) is 0 Å². The third-order valence-corrected chi connectivity index (χ3v) is 4.20. The molecule has 0 amide bonds. The molecule has 0 saturated heterocycles. The Labute approximate surface area is 182 Å². The van der Waals surface area contributed by atoms with Gasteiger partial charge in [-0.25, -0.2) is 0 Å². The first-order chi connectivity index (χ1) is 13.0. The lowest BCUT2D eigenvalue weighted by Crippen LogP contribution is -2.23. The van der Waals surface area contributed by atoms with Crippen LogP contribution in [0.3, 0.4) is 0 Å². The summed E-state index contributed by atoms with van der Waals surface area (Å²) < 4.78 is 11.1. The molecule has 3 N–H and O–H groups in total. The summed E-state index contributed by atoms with van der Waals surface area (Å²) in [6, 6.07) is 17.2. The van der Waals surface area contributed by atoms with Crippen LogP contribution in [0.25, 0.3) is 0 Å². The molecule has 6 nitrogen and oxygen atoms in total. The number of rotatable bonds is 6. The van der Waals surface area contributed by atoms with Crippen LogP contribution >= 0.6 is 24.0 Å². The largest absolute Gasteiger partial charge is 0.457 e. The summed E-state index contributed by atoms with van der Waals surface area (Å²) in [7, 11) is 0. The number of ether oxygens (including phenoxy) is 1. The number of anilines is 1. The van der Waals surface area contributed by atoms with E-state index in [1.54, 1.807) is 0 Å². The number of hydrogen-bond donors (Lipinski definition) is 2. The molecule has 1 atom stereocenters. The molecule has 0 aliphatic rings. The summed E-state index contributed by atoms with van der Waals surface area (Å²) in [5.41, 5.74) is 8.84. The van der Waals surface area contributed by atoms with Gasteiger partial charge < -0.3 is 20.3 Å². The van der Waals surface area contributed by atoms with Crippen LogP contribution in [-0.2, 0) is 0 Å². The molecule has 1 heterocycles. The van der Waals surface area contributed by atoms with Crippen LogP contribution in [0.15, 0.2) is 64.1 Å². The Morgan fingerprint density at radius 3 is 2.54 bits per heavy atom. The summed E-state index contributed by atoms with van der Waals surface area (Å²) in [6.45, 7) is 6.47. The molecule has 0 spiro atoms. The second kappa shape index (κ2) is 10.1. The number of para-hydroxylation sites is 1. The monoisotopic (exact) mass is 492 g/mol. The van der Waals surface area contributed by atoms with Gasteiger partial charge in [0.1, 0.15) is 17.3 Å². The fraction of sp³-hybridized carbons (Fsp3) is 0.238. The Hall–Kier alpha value is -2.55. The van der Waals surface area contributed by atoms with Gasteiger partial charge in [-0.15, -0.1) is 24.0 Å². The highest BCUT2D eigenvalue weighted by Crippen LogP contribution is 2.25. The number of aliphatic imine (C=N–C) groups is 1. The van der Waals surface area contributed by atoms with Crippen LogP contribution in [0.4, 0.5) is 5.69 Å². The first-order valence-electron chi connectivity index (χ1n) is 8.85. The highest BCUT2D eigenvalue weighted by Gasteiger charge is 2.16. The second-order valence-corrected chi connectivity index (χ2v) is 6.43. The minimum absolute atomic E-state index is 0. The molecule has 0 radical (unpaired) electrons. The molecule has 1 aromatic heterocycles. The van der Waals surface area contributed by atoms with Crippen LogP contribution in [0, 0.1) is 13.8 Å². The van der Waals surface area contributed by atoms with E-state index in [1.165, 1.54) is 0 Å². The summed E-state index contributed by atoms with van der Waals surface area (Å²) in [5, 5.41) is 7.10. The topological polar surface area (TPSA) is 85.7 Å². The Kier molecular flexibility index (Phi) is 7.86. The summed E-state index contributed by atoms with van der Waals surface area (Å²) in [6.07, 6.45) is 0. The Morgan fingerprint density at radius 1 is 1.14 bits per heavy atom. The van der Waals surface area contributed by atoms with Crippen molar-refractivity contribution < 1.29 is 9.26 Å². The van der Waals surface area contributed by atoms with Crippen molar-refractivity contribution in [2.45, 2.75) is 26.7 Å². The molecule has 3 aromatic rings. The zero-order valence-corrected chi connectivity index (χ0v) is 18.5. The summed E-state index contributed by atoms with van der Waals surface area (Å²) >= 11 is 0. The number of aromatic nitrogens is 1. The van der Waals surface area contributed by atoms with E-state index < -0.39 is 0 Å².